The van der Waals surface area contributed by atoms with Crippen molar-refractivity contribution in [3.63, 3.8) is 0 Å². The molecule has 0 aromatic carbocycles. The molecule has 8 unspecified atom stereocenters. The van der Waals surface area contributed by atoms with Gasteiger partial charge in [-0.3, -0.25) is 9.59 Å². The Labute approximate surface area is 195 Å². The van der Waals surface area contributed by atoms with Gasteiger partial charge >= 0.3 is 0 Å². The highest BCUT2D eigenvalue weighted by atomic mass is 16.7. The van der Waals surface area contributed by atoms with Crippen LogP contribution in [0.5, 0.6) is 0 Å². The molecule has 5 aliphatic rings. The van der Waals surface area contributed by atoms with Gasteiger partial charge in [-0.25, -0.2) is 0 Å². The lowest BCUT2D eigenvalue weighted by Crippen LogP contribution is -2.63. The summed E-state index contributed by atoms with van der Waals surface area (Å²) in [5, 5.41) is 11.6. The SMILES string of the molecule is CCCC1OC2CC3C4CCC5=CC(=O)C=CC5(C)[C@H]4C(O)CC3(C)C2(C(=O)COCN)O1. The maximum Gasteiger partial charge on any atom is 0.193 e. The number of Topliss-reactive ketones (excluding diaryl/α,β-unsaturated/α-hetero) is 1. The van der Waals surface area contributed by atoms with Crippen molar-refractivity contribution >= 4 is 11.6 Å². The number of hydrogen-bond donors (Lipinski definition) is 2. The van der Waals surface area contributed by atoms with E-state index in [1.54, 1.807) is 12.2 Å². The van der Waals surface area contributed by atoms with Crippen LogP contribution in [0.15, 0.2) is 23.8 Å². The fourth-order valence-corrected chi connectivity index (χ4v) is 8.26. The zero-order valence-corrected chi connectivity index (χ0v) is 19.9. The average molecular weight is 460 g/mol. The molecule has 0 radical (unpaired) electrons. The van der Waals surface area contributed by atoms with Gasteiger partial charge < -0.3 is 25.1 Å². The van der Waals surface area contributed by atoms with Gasteiger partial charge in [-0.1, -0.05) is 38.8 Å². The predicted octanol–water partition coefficient (Wildman–Crippen LogP) is 2.66. The number of carbonyl (C=O) groups excluding carboxylic acids is 2. The number of ketones is 2. The van der Waals surface area contributed by atoms with E-state index in [0.29, 0.717) is 6.42 Å². The van der Waals surface area contributed by atoms with Crippen molar-refractivity contribution in [3.05, 3.63) is 23.8 Å². The van der Waals surface area contributed by atoms with E-state index in [9.17, 15) is 14.7 Å². The van der Waals surface area contributed by atoms with Gasteiger partial charge in [0.15, 0.2) is 23.5 Å². The molecule has 7 nitrogen and oxygen atoms in total. The van der Waals surface area contributed by atoms with Crippen LogP contribution < -0.4 is 5.73 Å². The lowest BCUT2D eigenvalue weighted by molar-refractivity contribution is -0.201. The van der Waals surface area contributed by atoms with Crippen LogP contribution in [0, 0.1) is 28.6 Å². The van der Waals surface area contributed by atoms with Crippen LogP contribution >= 0.6 is 0 Å². The molecule has 0 amide bonds. The number of fused-ring (bicyclic) bond motifs is 7. The minimum atomic E-state index is -1.13. The molecular formula is C26H37NO6. The molecule has 1 heterocycles. The normalized spacial score (nSPS) is 48.0. The molecule has 3 saturated carbocycles. The van der Waals surface area contributed by atoms with Gasteiger partial charge in [-0.15, -0.1) is 0 Å². The molecule has 5 rings (SSSR count). The first-order chi connectivity index (χ1) is 15.7. The van der Waals surface area contributed by atoms with Crippen LogP contribution in [0.4, 0.5) is 0 Å². The zero-order valence-electron chi connectivity index (χ0n) is 19.9. The minimum Gasteiger partial charge on any atom is -0.393 e. The molecule has 4 aliphatic carbocycles. The summed E-state index contributed by atoms with van der Waals surface area (Å²) in [6, 6.07) is 0. The number of carbonyl (C=O) groups is 2. The average Bonchev–Trinajstić information content (AvgIpc) is 3.25. The van der Waals surface area contributed by atoms with Crippen molar-refractivity contribution in [3.8, 4) is 0 Å². The van der Waals surface area contributed by atoms with E-state index in [2.05, 4.69) is 20.8 Å². The maximum atomic E-state index is 13.7. The summed E-state index contributed by atoms with van der Waals surface area (Å²) in [4.78, 5) is 25.7. The van der Waals surface area contributed by atoms with Gasteiger partial charge in [0.25, 0.3) is 0 Å². The highest BCUT2D eigenvalue weighted by Gasteiger charge is 2.75. The molecule has 7 heteroatoms. The van der Waals surface area contributed by atoms with E-state index >= 15 is 0 Å². The van der Waals surface area contributed by atoms with Gasteiger partial charge in [-0.2, -0.15) is 0 Å². The first kappa shape index (κ1) is 23.4. The Kier molecular flexibility index (Phi) is 5.73. The van der Waals surface area contributed by atoms with Gasteiger partial charge in [0.05, 0.1) is 18.9 Å². The Bertz CT molecular complexity index is 899. The van der Waals surface area contributed by atoms with E-state index in [0.717, 1.165) is 37.7 Å². The van der Waals surface area contributed by atoms with Gasteiger partial charge in [0.1, 0.15) is 6.61 Å². The Morgan fingerprint density at radius 1 is 1.36 bits per heavy atom. The summed E-state index contributed by atoms with van der Waals surface area (Å²) in [5.74, 6) is 0.279. The summed E-state index contributed by atoms with van der Waals surface area (Å²) in [6.45, 7) is 6.20. The Morgan fingerprint density at radius 3 is 2.88 bits per heavy atom. The lowest BCUT2D eigenvalue weighted by atomic mass is 9.46. The zero-order chi connectivity index (χ0) is 23.6. The molecule has 0 aromatic heterocycles. The molecule has 0 aromatic rings. The minimum absolute atomic E-state index is 0.00219. The summed E-state index contributed by atoms with van der Waals surface area (Å²) in [6.07, 6.45) is 8.55. The maximum absolute atomic E-state index is 13.7. The molecule has 4 fully saturated rings. The number of allylic oxidation sites excluding steroid dienone is 4. The second kappa shape index (κ2) is 8.09. The Morgan fingerprint density at radius 2 is 2.15 bits per heavy atom. The predicted molar refractivity (Wildman–Crippen MR) is 121 cm³/mol. The number of hydrogen-bond acceptors (Lipinski definition) is 7. The van der Waals surface area contributed by atoms with Gasteiger partial charge in [0, 0.05) is 16.7 Å². The van der Waals surface area contributed by atoms with Gasteiger partial charge in [0.2, 0.25) is 0 Å². The fraction of sp³-hybridized carbons (Fsp3) is 0.769. The third-order valence-corrected chi connectivity index (χ3v) is 9.58. The highest BCUT2D eigenvalue weighted by Crippen LogP contribution is 2.69. The molecule has 0 bridgehead atoms. The number of ether oxygens (including phenoxy) is 3. The number of aliphatic hydroxyl groups is 1. The van der Waals surface area contributed by atoms with Crippen molar-refractivity contribution in [2.75, 3.05) is 13.3 Å². The van der Waals surface area contributed by atoms with Crippen LogP contribution in [-0.2, 0) is 23.8 Å². The molecule has 182 valence electrons. The van der Waals surface area contributed by atoms with Crippen molar-refractivity contribution in [1.29, 1.82) is 0 Å². The second-order valence-corrected chi connectivity index (χ2v) is 11.1. The molecule has 0 spiro atoms. The van der Waals surface area contributed by atoms with Crippen LogP contribution in [0.1, 0.15) is 59.3 Å². The summed E-state index contributed by atoms with van der Waals surface area (Å²) in [7, 11) is 0. The van der Waals surface area contributed by atoms with Crippen molar-refractivity contribution in [1.82, 2.24) is 0 Å². The van der Waals surface area contributed by atoms with Crippen LogP contribution in [0.25, 0.3) is 0 Å². The summed E-state index contributed by atoms with van der Waals surface area (Å²) >= 11 is 0. The van der Waals surface area contributed by atoms with Crippen molar-refractivity contribution in [2.45, 2.75) is 83.4 Å². The van der Waals surface area contributed by atoms with Crippen LogP contribution in [0.3, 0.4) is 0 Å². The number of rotatable bonds is 6. The van der Waals surface area contributed by atoms with Crippen LogP contribution in [-0.4, -0.2) is 54.1 Å². The Hall–Kier alpha value is -1.38. The molecule has 3 N–H and O–H groups in total. The number of aliphatic hydroxyl groups excluding tert-OH is 1. The first-order valence-corrected chi connectivity index (χ1v) is 12.5. The molecule has 1 saturated heterocycles. The summed E-state index contributed by atoms with van der Waals surface area (Å²) < 4.78 is 18.3. The Balaban J connectivity index is 1.53. The quantitative estimate of drug-likeness (QED) is 0.588. The summed E-state index contributed by atoms with van der Waals surface area (Å²) in [5.41, 5.74) is 4.60. The first-order valence-electron chi connectivity index (χ1n) is 12.5. The molecule has 1 aliphatic heterocycles. The lowest BCUT2D eigenvalue weighted by Gasteiger charge is -2.59. The standard InChI is InChI=1S/C26H37NO6/c1-4-5-22-32-21-11-18-17-7-6-15-10-16(28)8-9-24(15,2)23(17)19(29)12-25(18,3)26(21,33-22)20(30)13-31-14-27/h8-10,17-19,21-23,29H,4-7,11-14,27H2,1-3H3/t17?,18?,19?,21?,22?,23-,24?,25?,26?/m1/s1. The molecular weight excluding hydrogens is 422 g/mol. The van der Waals surface area contributed by atoms with Crippen LogP contribution in [0.2, 0.25) is 0 Å². The van der Waals surface area contributed by atoms with E-state index in [-0.39, 0.29) is 54.2 Å². The second-order valence-electron chi connectivity index (χ2n) is 11.1. The molecule has 33 heavy (non-hydrogen) atoms. The van der Waals surface area contributed by atoms with E-state index in [1.165, 1.54) is 0 Å². The third-order valence-electron chi connectivity index (χ3n) is 9.58. The smallest absolute Gasteiger partial charge is 0.193 e. The van der Waals surface area contributed by atoms with Crippen molar-refractivity contribution < 1.29 is 28.9 Å². The van der Waals surface area contributed by atoms with E-state index < -0.39 is 23.4 Å². The van der Waals surface area contributed by atoms with Gasteiger partial charge in [-0.05, 0) is 56.1 Å². The van der Waals surface area contributed by atoms with E-state index in [4.69, 9.17) is 19.9 Å². The topological polar surface area (TPSA) is 108 Å². The fourth-order valence-electron chi connectivity index (χ4n) is 8.26. The molecule has 9 atom stereocenters. The number of nitrogens with two attached hydrogens (primary N) is 1. The third kappa shape index (κ3) is 3.12. The largest absolute Gasteiger partial charge is 0.393 e. The van der Waals surface area contributed by atoms with E-state index in [1.807, 2.05) is 6.08 Å². The highest BCUT2D eigenvalue weighted by molar-refractivity contribution is 6.01. The van der Waals surface area contributed by atoms with Crippen molar-refractivity contribution in [2.24, 2.45) is 34.3 Å². The monoisotopic (exact) mass is 459 g/mol.